The van der Waals surface area contributed by atoms with E-state index < -0.39 is 0 Å². The quantitative estimate of drug-likeness (QED) is 0.869. The lowest BCUT2D eigenvalue weighted by Gasteiger charge is -2.15. The van der Waals surface area contributed by atoms with Crippen LogP contribution < -0.4 is 5.32 Å². The molecule has 0 radical (unpaired) electrons. The van der Waals surface area contributed by atoms with Gasteiger partial charge in [-0.2, -0.15) is 0 Å². The van der Waals surface area contributed by atoms with Gasteiger partial charge in [-0.1, -0.05) is 30.2 Å². The van der Waals surface area contributed by atoms with Crippen molar-refractivity contribution in [1.29, 1.82) is 0 Å². The van der Waals surface area contributed by atoms with Gasteiger partial charge >= 0.3 is 0 Å². The molecule has 0 heterocycles. The number of hydrogen-bond donors (Lipinski definition) is 2. The molecule has 0 saturated heterocycles. The zero-order valence-corrected chi connectivity index (χ0v) is 10.4. The summed E-state index contributed by atoms with van der Waals surface area (Å²) in [6, 6.07) is 5.01. The Morgan fingerprint density at radius 3 is 2.94 bits per heavy atom. The molecule has 1 fully saturated rings. The first kappa shape index (κ1) is 12.8. The Morgan fingerprint density at radius 1 is 1.41 bits per heavy atom. The van der Waals surface area contributed by atoms with Crippen molar-refractivity contribution in [2.75, 3.05) is 6.54 Å². The topological polar surface area (TPSA) is 32.3 Å². The third-order valence-electron chi connectivity index (χ3n) is 3.37. The van der Waals surface area contributed by atoms with E-state index in [1.165, 1.54) is 0 Å². The fourth-order valence-corrected chi connectivity index (χ4v) is 2.53. The first-order valence-electron chi connectivity index (χ1n) is 6.00. The lowest BCUT2D eigenvalue weighted by atomic mass is 10.1. The molecule has 1 aliphatic rings. The SMILES string of the molecule is OC1CCCC1CNCc1cccc(Cl)c1F. The highest BCUT2D eigenvalue weighted by atomic mass is 35.5. The molecule has 0 aliphatic heterocycles. The highest BCUT2D eigenvalue weighted by Gasteiger charge is 2.24. The number of hydrogen-bond acceptors (Lipinski definition) is 2. The molecule has 1 aromatic carbocycles. The van der Waals surface area contributed by atoms with Crippen LogP contribution in [0.2, 0.25) is 5.02 Å². The second-order valence-electron chi connectivity index (χ2n) is 4.60. The Balaban J connectivity index is 1.84. The minimum Gasteiger partial charge on any atom is -0.393 e. The van der Waals surface area contributed by atoms with Crippen LogP contribution in [0.1, 0.15) is 24.8 Å². The molecule has 1 aromatic rings. The Hall–Kier alpha value is -0.640. The van der Waals surface area contributed by atoms with Crippen molar-refractivity contribution in [3.8, 4) is 0 Å². The maximum atomic E-state index is 13.6. The second-order valence-corrected chi connectivity index (χ2v) is 5.01. The van der Waals surface area contributed by atoms with Crippen LogP contribution in [-0.2, 0) is 6.54 Å². The third kappa shape index (κ3) is 3.18. The van der Waals surface area contributed by atoms with Gasteiger partial charge in [0.1, 0.15) is 5.82 Å². The number of halogens is 2. The number of nitrogens with one attached hydrogen (secondary N) is 1. The molecule has 94 valence electrons. The molecule has 17 heavy (non-hydrogen) atoms. The van der Waals surface area contributed by atoms with Crippen molar-refractivity contribution in [3.63, 3.8) is 0 Å². The monoisotopic (exact) mass is 257 g/mol. The molecule has 0 spiro atoms. The van der Waals surface area contributed by atoms with Crippen molar-refractivity contribution >= 4 is 11.6 Å². The first-order valence-corrected chi connectivity index (χ1v) is 6.38. The largest absolute Gasteiger partial charge is 0.393 e. The fourth-order valence-electron chi connectivity index (χ4n) is 2.33. The minimum atomic E-state index is -0.353. The van der Waals surface area contributed by atoms with Gasteiger partial charge in [-0.15, -0.1) is 0 Å². The van der Waals surface area contributed by atoms with Crippen molar-refractivity contribution in [1.82, 2.24) is 5.32 Å². The zero-order chi connectivity index (χ0) is 12.3. The van der Waals surface area contributed by atoms with Crippen molar-refractivity contribution in [2.24, 2.45) is 5.92 Å². The summed E-state index contributed by atoms with van der Waals surface area (Å²) in [6.07, 6.45) is 2.81. The van der Waals surface area contributed by atoms with Crippen LogP contribution in [0.15, 0.2) is 18.2 Å². The molecule has 1 aliphatic carbocycles. The fraction of sp³-hybridized carbons (Fsp3) is 0.538. The number of rotatable bonds is 4. The van der Waals surface area contributed by atoms with Gasteiger partial charge in [-0.25, -0.2) is 4.39 Å². The van der Waals surface area contributed by atoms with Crippen LogP contribution >= 0.6 is 11.6 Å². The average molecular weight is 258 g/mol. The Bertz CT molecular complexity index is 386. The lowest BCUT2D eigenvalue weighted by molar-refractivity contribution is 0.131. The van der Waals surface area contributed by atoms with Gasteiger partial charge in [0, 0.05) is 18.7 Å². The van der Waals surface area contributed by atoms with E-state index in [9.17, 15) is 9.50 Å². The summed E-state index contributed by atoms with van der Waals surface area (Å²) in [7, 11) is 0. The summed E-state index contributed by atoms with van der Waals surface area (Å²) >= 11 is 5.70. The van der Waals surface area contributed by atoms with Crippen LogP contribution in [0.25, 0.3) is 0 Å². The Kier molecular flexibility index (Phi) is 4.37. The smallest absolute Gasteiger partial charge is 0.146 e. The number of aliphatic hydroxyl groups excluding tert-OH is 1. The van der Waals surface area contributed by atoms with Crippen LogP contribution in [0.3, 0.4) is 0 Å². The highest BCUT2D eigenvalue weighted by Crippen LogP contribution is 2.25. The number of benzene rings is 1. The van der Waals surface area contributed by atoms with Gasteiger partial charge < -0.3 is 10.4 Å². The standard InChI is InChI=1S/C13H17ClFNO/c14-11-5-1-4-10(13(11)15)8-16-7-9-3-2-6-12(9)17/h1,4-5,9,12,16-17H,2-3,6-8H2. The molecule has 2 atom stereocenters. The molecular weight excluding hydrogens is 241 g/mol. The van der Waals surface area contributed by atoms with Crippen molar-refractivity contribution < 1.29 is 9.50 Å². The Labute approximate surface area is 106 Å². The summed E-state index contributed by atoms with van der Waals surface area (Å²) in [5.74, 6) is -0.0501. The van der Waals surface area contributed by atoms with Gasteiger partial charge in [-0.05, 0) is 24.8 Å². The molecule has 2 nitrogen and oxygen atoms in total. The average Bonchev–Trinajstić information content (AvgIpc) is 2.71. The summed E-state index contributed by atoms with van der Waals surface area (Å²) in [5, 5.41) is 13.0. The normalized spacial score (nSPS) is 24.2. The minimum absolute atomic E-state index is 0.158. The van der Waals surface area contributed by atoms with Crippen LogP contribution in [-0.4, -0.2) is 17.8 Å². The molecule has 2 rings (SSSR count). The second kappa shape index (κ2) is 5.80. The maximum Gasteiger partial charge on any atom is 0.146 e. The first-order chi connectivity index (χ1) is 8.18. The van der Waals surface area contributed by atoms with E-state index in [4.69, 9.17) is 11.6 Å². The maximum absolute atomic E-state index is 13.6. The van der Waals surface area contributed by atoms with E-state index in [-0.39, 0.29) is 16.9 Å². The van der Waals surface area contributed by atoms with Gasteiger partial charge in [0.05, 0.1) is 11.1 Å². The zero-order valence-electron chi connectivity index (χ0n) is 9.63. The molecule has 1 saturated carbocycles. The summed E-state index contributed by atoms with van der Waals surface area (Å²) in [5.41, 5.74) is 0.574. The van der Waals surface area contributed by atoms with Gasteiger partial charge in [-0.3, -0.25) is 0 Å². The molecule has 0 amide bonds. The molecule has 2 N–H and O–H groups in total. The summed E-state index contributed by atoms with van der Waals surface area (Å²) in [4.78, 5) is 0. The van der Waals surface area contributed by atoms with E-state index in [0.29, 0.717) is 18.0 Å². The van der Waals surface area contributed by atoms with Gasteiger partial charge in [0.15, 0.2) is 0 Å². The van der Waals surface area contributed by atoms with E-state index in [0.717, 1.165) is 25.8 Å². The van der Waals surface area contributed by atoms with E-state index in [2.05, 4.69) is 5.32 Å². The molecular formula is C13H17ClFNO. The highest BCUT2D eigenvalue weighted by molar-refractivity contribution is 6.30. The summed E-state index contributed by atoms with van der Waals surface area (Å²) < 4.78 is 13.6. The van der Waals surface area contributed by atoms with Crippen LogP contribution in [0.5, 0.6) is 0 Å². The molecule has 0 bridgehead atoms. The van der Waals surface area contributed by atoms with Gasteiger partial charge in [0.25, 0.3) is 0 Å². The summed E-state index contributed by atoms with van der Waals surface area (Å²) in [6.45, 7) is 1.18. The predicted molar refractivity (Wildman–Crippen MR) is 66.5 cm³/mol. The third-order valence-corrected chi connectivity index (χ3v) is 3.66. The van der Waals surface area contributed by atoms with Crippen molar-refractivity contribution in [3.05, 3.63) is 34.6 Å². The molecule has 0 aromatic heterocycles. The van der Waals surface area contributed by atoms with Crippen LogP contribution in [0.4, 0.5) is 4.39 Å². The van der Waals surface area contributed by atoms with Crippen LogP contribution in [0, 0.1) is 11.7 Å². The lowest BCUT2D eigenvalue weighted by Crippen LogP contribution is -2.27. The molecule has 2 unspecified atom stereocenters. The van der Waals surface area contributed by atoms with Crippen molar-refractivity contribution in [2.45, 2.75) is 31.9 Å². The molecule has 4 heteroatoms. The Morgan fingerprint density at radius 2 is 2.24 bits per heavy atom. The van der Waals surface area contributed by atoms with E-state index in [1.807, 2.05) is 0 Å². The number of aliphatic hydroxyl groups is 1. The predicted octanol–water partition coefficient (Wildman–Crippen LogP) is 2.73. The van der Waals surface area contributed by atoms with E-state index in [1.54, 1.807) is 18.2 Å². The van der Waals surface area contributed by atoms with E-state index >= 15 is 0 Å². The van der Waals surface area contributed by atoms with Gasteiger partial charge in [0.2, 0.25) is 0 Å².